The average Bonchev–Trinajstić information content (AvgIpc) is 3.37. The Morgan fingerprint density at radius 2 is 1.82 bits per heavy atom. The van der Waals surface area contributed by atoms with Crippen LogP contribution in [0.3, 0.4) is 0 Å². The summed E-state index contributed by atoms with van der Waals surface area (Å²) in [6.45, 7) is 7.85. The van der Waals surface area contributed by atoms with Gasteiger partial charge in [-0.25, -0.2) is 19.6 Å². The Balaban J connectivity index is 1.75. The molecule has 0 amide bonds. The maximum atomic E-state index is 13.2. The first-order valence-corrected chi connectivity index (χ1v) is 13.0. The Labute approximate surface area is 227 Å². The smallest absolute Gasteiger partial charge is 0.354 e. The fourth-order valence-corrected chi connectivity index (χ4v) is 5.38. The molecule has 1 aromatic carbocycles. The molecular weight excluding hydrogens is 550 g/mol. The van der Waals surface area contributed by atoms with Crippen molar-refractivity contribution < 1.29 is 23.8 Å². The zero-order valence-electron chi connectivity index (χ0n) is 21.4. The normalized spacial score (nSPS) is 11.8. The molecule has 1 N–H and O–H groups in total. The van der Waals surface area contributed by atoms with Gasteiger partial charge < -0.3 is 18.8 Å². The van der Waals surface area contributed by atoms with Gasteiger partial charge in [-0.15, -0.1) is 0 Å². The minimum Gasteiger partial charge on any atom is -0.477 e. The van der Waals surface area contributed by atoms with Crippen molar-refractivity contribution in [3.63, 3.8) is 0 Å². The van der Waals surface area contributed by atoms with Gasteiger partial charge >= 0.3 is 11.9 Å². The second-order valence-corrected chi connectivity index (χ2v) is 10.7. The standard InChI is InChI=1S/C29H26BrN3O5/c1-5-23-31-21-10-11-22(27(34)35)32-26(21)33(23)14-19-16-12-13-37-15-20(16)25(30)24(19)17-8-6-7-9-18(17)28(36)38-29(2,3)4/h6-13,15H,5,14H2,1-4H3,(H,34,35). The summed E-state index contributed by atoms with van der Waals surface area (Å²) in [5.74, 6) is -0.753. The predicted molar refractivity (Wildman–Crippen MR) is 147 cm³/mol. The third-order valence-corrected chi connectivity index (χ3v) is 7.03. The van der Waals surface area contributed by atoms with E-state index in [-0.39, 0.29) is 5.69 Å². The van der Waals surface area contributed by atoms with Gasteiger partial charge in [0.25, 0.3) is 0 Å². The second-order valence-electron chi connectivity index (χ2n) is 9.91. The number of nitrogens with zero attached hydrogens (tertiary/aromatic N) is 3. The molecule has 9 heteroatoms. The Morgan fingerprint density at radius 1 is 1.05 bits per heavy atom. The average molecular weight is 576 g/mol. The number of aromatic carboxylic acids is 1. The van der Waals surface area contributed by atoms with Gasteiger partial charge in [-0.3, -0.25) is 0 Å². The zero-order valence-corrected chi connectivity index (χ0v) is 23.0. The van der Waals surface area contributed by atoms with Crippen LogP contribution in [0.4, 0.5) is 0 Å². The first-order valence-electron chi connectivity index (χ1n) is 12.2. The minimum absolute atomic E-state index is 0.0517. The molecule has 0 bridgehead atoms. The van der Waals surface area contributed by atoms with Gasteiger partial charge in [0.1, 0.15) is 16.9 Å². The van der Waals surface area contributed by atoms with Crippen molar-refractivity contribution in [2.45, 2.75) is 46.3 Å². The van der Waals surface area contributed by atoms with Crippen LogP contribution in [0.5, 0.6) is 0 Å². The number of esters is 1. The van der Waals surface area contributed by atoms with Crippen molar-refractivity contribution in [3.05, 3.63) is 82.1 Å². The number of aryl methyl sites for hydroxylation is 1. The summed E-state index contributed by atoms with van der Waals surface area (Å²) in [6, 6.07) is 12.4. The predicted octanol–water partition coefficient (Wildman–Crippen LogP) is 6.82. The van der Waals surface area contributed by atoms with Crippen LogP contribution in [0.1, 0.15) is 59.9 Å². The summed E-state index contributed by atoms with van der Waals surface area (Å²) >= 11 is 3.77. The maximum Gasteiger partial charge on any atom is 0.354 e. The number of hydrogen-bond acceptors (Lipinski definition) is 6. The lowest BCUT2D eigenvalue weighted by atomic mass is 9.97. The van der Waals surface area contributed by atoms with Crippen LogP contribution >= 0.6 is 15.9 Å². The van der Waals surface area contributed by atoms with E-state index in [1.54, 1.807) is 24.7 Å². The molecule has 38 heavy (non-hydrogen) atoms. The third kappa shape index (κ3) is 4.58. The van der Waals surface area contributed by atoms with Gasteiger partial charge in [-0.2, -0.15) is 0 Å². The summed E-state index contributed by atoms with van der Waals surface area (Å²) in [6.07, 6.45) is 3.89. The molecule has 194 valence electrons. The van der Waals surface area contributed by atoms with E-state index in [2.05, 4.69) is 20.9 Å². The van der Waals surface area contributed by atoms with E-state index < -0.39 is 17.5 Å². The number of benzene rings is 1. The van der Waals surface area contributed by atoms with Crippen molar-refractivity contribution in [3.8, 4) is 22.3 Å². The van der Waals surface area contributed by atoms with Gasteiger partial charge in [0, 0.05) is 22.0 Å². The van der Waals surface area contributed by atoms with Crippen LogP contribution < -0.4 is 0 Å². The number of carboxylic acid groups (broad SMARTS) is 1. The Hall–Kier alpha value is -3.98. The molecule has 0 saturated carbocycles. The monoisotopic (exact) mass is 575 g/mol. The molecule has 0 spiro atoms. The van der Waals surface area contributed by atoms with Crippen LogP contribution in [0.2, 0.25) is 0 Å². The van der Waals surface area contributed by atoms with E-state index in [9.17, 15) is 14.7 Å². The number of ether oxygens (including phenoxy) is 1. The summed E-state index contributed by atoms with van der Waals surface area (Å²) < 4.78 is 13.9. The van der Waals surface area contributed by atoms with Crippen LogP contribution in [0, 0.1) is 0 Å². The number of halogens is 1. The van der Waals surface area contributed by atoms with Crippen LogP contribution in [-0.2, 0) is 17.7 Å². The first-order chi connectivity index (χ1) is 18.1. The largest absolute Gasteiger partial charge is 0.477 e. The van der Waals surface area contributed by atoms with Crippen molar-refractivity contribution >= 4 is 39.0 Å². The number of rotatable bonds is 6. The molecule has 0 saturated heterocycles. The van der Waals surface area contributed by atoms with Crippen molar-refractivity contribution in [1.82, 2.24) is 14.5 Å². The zero-order chi connectivity index (χ0) is 27.2. The number of fused-ring (bicyclic) bond motifs is 2. The van der Waals surface area contributed by atoms with Crippen LogP contribution in [0.25, 0.3) is 33.4 Å². The van der Waals surface area contributed by atoms with Crippen molar-refractivity contribution in [2.75, 3.05) is 0 Å². The number of carboxylic acids is 1. The molecule has 1 aliphatic heterocycles. The molecule has 0 radical (unpaired) electrons. The van der Waals surface area contributed by atoms with Crippen molar-refractivity contribution in [2.24, 2.45) is 0 Å². The number of hydrogen-bond donors (Lipinski definition) is 1. The molecule has 2 aliphatic rings. The van der Waals surface area contributed by atoms with Gasteiger partial charge in [0.15, 0.2) is 11.3 Å². The highest BCUT2D eigenvalue weighted by molar-refractivity contribution is 9.10. The molecular formula is C29H26BrN3O5. The lowest BCUT2D eigenvalue weighted by Gasteiger charge is -2.21. The Kier molecular flexibility index (Phi) is 6.56. The van der Waals surface area contributed by atoms with E-state index in [1.165, 1.54) is 6.07 Å². The highest BCUT2D eigenvalue weighted by Crippen LogP contribution is 2.47. The van der Waals surface area contributed by atoms with Gasteiger partial charge in [-0.1, -0.05) is 25.1 Å². The molecule has 5 rings (SSSR count). The summed E-state index contributed by atoms with van der Waals surface area (Å²) in [5.41, 5.74) is 5.05. The van der Waals surface area contributed by atoms with Crippen LogP contribution in [-0.4, -0.2) is 37.2 Å². The summed E-state index contributed by atoms with van der Waals surface area (Å²) in [7, 11) is 0. The van der Waals surface area contributed by atoms with E-state index in [1.807, 2.05) is 56.5 Å². The SMILES string of the molecule is CCc1nc2ccc(C(=O)O)nc2n1Cc1c2ccocc-2c(Br)c1-c1ccccc1C(=O)OC(C)(C)C. The maximum absolute atomic E-state index is 13.2. The molecule has 1 aliphatic carbocycles. The molecule has 0 unspecified atom stereocenters. The number of carbonyl (C=O) groups is 2. The molecule has 0 atom stereocenters. The topological polar surface area (TPSA) is 107 Å². The number of carbonyl (C=O) groups excluding carboxylic acids is 1. The van der Waals surface area contributed by atoms with E-state index in [0.29, 0.717) is 35.3 Å². The Bertz CT molecular complexity index is 1660. The van der Waals surface area contributed by atoms with Gasteiger partial charge in [0.05, 0.1) is 24.6 Å². The van der Waals surface area contributed by atoms with Crippen LogP contribution in [0.15, 0.2) is 63.9 Å². The Morgan fingerprint density at radius 3 is 2.53 bits per heavy atom. The summed E-state index contributed by atoms with van der Waals surface area (Å²) in [5, 5.41) is 9.54. The highest BCUT2D eigenvalue weighted by atomic mass is 79.9. The van der Waals surface area contributed by atoms with E-state index >= 15 is 0 Å². The van der Waals surface area contributed by atoms with E-state index in [4.69, 9.17) is 14.1 Å². The second kappa shape index (κ2) is 9.72. The van der Waals surface area contributed by atoms with Gasteiger partial charge in [-0.05, 0) is 77.7 Å². The fraction of sp³-hybridized carbons (Fsp3) is 0.241. The number of pyridine rings is 1. The fourth-order valence-electron chi connectivity index (χ4n) is 4.62. The number of imidazole rings is 1. The number of aromatic nitrogens is 3. The lowest BCUT2D eigenvalue weighted by molar-refractivity contribution is 0.00702. The molecule has 2 aromatic heterocycles. The highest BCUT2D eigenvalue weighted by Gasteiger charge is 2.29. The quantitative estimate of drug-likeness (QED) is 0.221. The third-order valence-electron chi connectivity index (χ3n) is 6.21. The molecule has 3 aromatic rings. The minimum atomic E-state index is -1.10. The summed E-state index contributed by atoms with van der Waals surface area (Å²) in [4.78, 5) is 34.0. The van der Waals surface area contributed by atoms with Gasteiger partial charge in [0.2, 0.25) is 0 Å². The molecule has 0 fully saturated rings. The lowest BCUT2D eigenvalue weighted by Crippen LogP contribution is -2.24. The molecule has 3 heterocycles. The first kappa shape index (κ1) is 25.7. The molecule has 8 nitrogen and oxygen atoms in total. The van der Waals surface area contributed by atoms with E-state index in [0.717, 1.165) is 32.6 Å². The van der Waals surface area contributed by atoms with Crippen molar-refractivity contribution in [1.29, 1.82) is 0 Å².